The molecule has 2 rings (SSSR count). The molecule has 0 unspecified atom stereocenters. The molecular formula is C18H27BrN2O3. The molecule has 1 atom stereocenters. The molecule has 24 heavy (non-hydrogen) atoms. The van der Waals surface area contributed by atoms with E-state index in [1.165, 1.54) is 0 Å². The van der Waals surface area contributed by atoms with E-state index in [-0.39, 0.29) is 6.09 Å². The van der Waals surface area contributed by atoms with Gasteiger partial charge < -0.3 is 14.4 Å². The van der Waals surface area contributed by atoms with Gasteiger partial charge in [-0.05, 0) is 79.6 Å². The van der Waals surface area contributed by atoms with Crippen molar-refractivity contribution < 1.29 is 14.3 Å². The van der Waals surface area contributed by atoms with Gasteiger partial charge in [-0.25, -0.2) is 9.78 Å². The smallest absolute Gasteiger partial charge is 0.410 e. The second-order valence-electron chi connectivity index (χ2n) is 7.26. The molecule has 0 spiro atoms. The van der Waals surface area contributed by atoms with E-state index in [9.17, 15) is 4.79 Å². The number of carbonyl (C=O) groups excluding carboxylic acids is 1. The molecule has 1 aliphatic rings. The number of rotatable bonds is 5. The second-order valence-corrected chi connectivity index (χ2v) is 8.08. The van der Waals surface area contributed by atoms with E-state index < -0.39 is 5.60 Å². The van der Waals surface area contributed by atoms with E-state index in [4.69, 9.17) is 9.47 Å². The minimum atomic E-state index is -0.439. The van der Waals surface area contributed by atoms with E-state index in [0.717, 1.165) is 42.5 Å². The van der Waals surface area contributed by atoms with Crippen LogP contribution in [0.25, 0.3) is 0 Å². The summed E-state index contributed by atoms with van der Waals surface area (Å²) >= 11 is 3.36. The Morgan fingerprint density at radius 2 is 2.25 bits per heavy atom. The monoisotopic (exact) mass is 398 g/mol. The molecule has 0 N–H and O–H groups in total. The molecule has 0 bridgehead atoms. The Morgan fingerprint density at radius 1 is 1.46 bits per heavy atom. The van der Waals surface area contributed by atoms with Crippen LogP contribution < -0.4 is 0 Å². The highest BCUT2D eigenvalue weighted by atomic mass is 79.9. The lowest BCUT2D eigenvalue weighted by Crippen LogP contribution is -2.43. The Labute approximate surface area is 152 Å². The molecule has 1 amide bonds. The van der Waals surface area contributed by atoms with Crippen LogP contribution in [0.3, 0.4) is 0 Å². The van der Waals surface area contributed by atoms with E-state index in [1.807, 2.05) is 37.8 Å². The van der Waals surface area contributed by atoms with Gasteiger partial charge in [0.1, 0.15) is 10.2 Å². The minimum Gasteiger partial charge on any atom is -0.444 e. The average Bonchev–Trinajstić information content (AvgIpc) is 2.50. The van der Waals surface area contributed by atoms with Crippen molar-refractivity contribution in [2.75, 3.05) is 19.7 Å². The highest BCUT2D eigenvalue weighted by molar-refractivity contribution is 9.10. The lowest BCUT2D eigenvalue weighted by molar-refractivity contribution is 0.0135. The summed E-state index contributed by atoms with van der Waals surface area (Å²) in [6.45, 7) is 8.54. The van der Waals surface area contributed by atoms with Crippen LogP contribution in [-0.2, 0) is 16.1 Å². The number of ether oxygens (including phenoxy) is 2. The molecule has 2 heterocycles. The summed E-state index contributed by atoms with van der Waals surface area (Å²) in [6, 6.07) is 3.92. The Balaban J connectivity index is 1.70. The van der Waals surface area contributed by atoms with Gasteiger partial charge in [-0.15, -0.1) is 0 Å². The molecule has 0 radical (unpaired) electrons. The van der Waals surface area contributed by atoms with Crippen molar-refractivity contribution in [2.24, 2.45) is 5.92 Å². The summed E-state index contributed by atoms with van der Waals surface area (Å²) in [6.07, 6.45) is 4.70. The third-order valence-corrected chi connectivity index (χ3v) is 4.33. The van der Waals surface area contributed by atoms with Crippen molar-refractivity contribution in [1.29, 1.82) is 0 Å². The van der Waals surface area contributed by atoms with Crippen LogP contribution in [0.1, 0.15) is 45.6 Å². The molecule has 1 fully saturated rings. The van der Waals surface area contributed by atoms with Crippen LogP contribution in [0.5, 0.6) is 0 Å². The normalized spacial score (nSPS) is 18.5. The number of likely N-dealkylation sites (tertiary alicyclic amines) is 1. The van der Waals surface area contributed by atoms with E-state index in [0.29, 0.717) is 19.1 Å². The number of aromatic nitrogens is 1. The fraction of sp³-hybridized carbons (Fsp3) is 0.667. The topological polar surface area (TPSA) is 51.7 Å². The Hall–Kier alpha value is -1.14. The van der Waals surface area contributed by atoms with E-state index in [2.05, 4.69) is 20.9 Å². The number of carbonyl (C=O) groups is 1. The lowest BCUT2D eigenvalue weighted by Gasteiger charge is -2.34. The van der Waals surface area contributed by atoms with Gasteiger partial charge >= 0.3 is 6.09 Å². The number of amides is 1. The van der Waals surface area contributed by atoms with Crippen molar-refractivity contribution in [3.63, 3.8) is 0 Å². The zero-order chi connectivity index (χ0) is 17.6. The number of hydrogen-bond acceptors (Lipinski definition) is 4. The van der Waals surface area contributed by atoms with Crippen molar-refractivity contribution in [1.82, 2.24) is 9.88 Å². The molecule has 0 aromatic carbocycles. The maximum atomic E-state index is 12.2. The average molecular weight is 399 g/mol. The van der Waals surface area contributed by atoms with Crippen molar-refractivity contribution >= 4 is 22.0 Å². The van der Waals surface area contributed by atoms with Crippen molar-refractivity contribution in [3.8, 4) is 0 Å². The molecule has 1 aliphatic heterocycles. The van der Waals surface area contributed by atoms with Gasteiger partial charge in [0.15, 0.2) is 0 Å². The zero-order valence-corrected chi connectivity index (χ0v) is 16.3. The highest BCUT2D eigenvalue weighted by Crippen LogP contribution is 2.22. The Morgan fingerprint density at radius 3 is 2.96 bits per heavy atom. The van der Waals surface area contributed by atoms with Gasteiger partial charge in [0.25, 0.3) is 0 Å². The highest BCUT2D eigenvalue weighted by Gasteiger charge is 2.27. The fourth-order valence-electron chi connectivity index (χ4n) is 2.77. The van der Waals surface area contributed by atoms with E-state index in [1.54, 1.807) is 6.20 Å². The first-order chi connectivity index (χ1) is 11.3. The third-order valence-electron chi connectivity index (χ3n) is 3.90. The molecule has 134 valence electrons. The van der Waals surface area contributed by atoms with Crippen molar-refractivity contribution in [3.05, 3.63) is 28.5 Å². The Bertz CT molecular complexity index is 545. The van der Waals surface area contributed by atoms with E-state index >= 15 is 0 Å². The van der Waals surface area contributed by atoms with Gasteiger partial charge in [-0.3, -0.25) is 0 Å². The molecule has 0 saturated carbocycles. The predicted molar refractivity (Wildman–Crippen MR) is 96.7 cm³/mol. The SMILES string of the molecule is CC(C)(C)OC(=O)N1CCC[C@H](CCOCc2ccnc(Br)c2)C1. The van der Waals surface area contributed by atoms with Crippen LogP contribution in [0, 0.1) is 5.92 Å². The quantitative estimate of drug-likeness (QED) is 0.544. The molecule has 1 aromatic rings. The first-order valence-electron chi connectivity index (χ1n) is 8.49. The molecule has 1 saturated heterocycles. The van der Waals surface area contributed by atoms with Gasteiger partial charge in [0, 0.05) is 25.9 Å². The molecule has 1 aromatic heterocycles. The number of pyridine rings is 1. The summed E-state index contributed by atoms with van der Waals surface area (Å²) in [5.41, 5.74) is 0.669. The number of piperidine rings is 1. The number of halogens is 1. The largest absolute Gasteiger partial charge is 0.444 e. The van der Waals surface area contributed by atoms with Crippen LogP contribution in [0.4, 0.5) is 4.79 Å². The van der Waals surface area contributed by atoms with Crippen LogP contribution >= 0.6 is 15.9 Å². The first kappa shape index (κ1) is 19.2. The summed E-state index contributed by atoms with van der Waals surface area (Å²) in [4.78, 5) is 18.1. The van der Waals surface area contributed by atoms with Crippen LogP contribution in [0.15, 0.2) is 22.9 Å². The van der Waals surface area contributed by atoms with Gasteiger partial charge in [-0.1, -0.05) is 0 Å². The summed E-state index contributed by atoms with van der Waals surface area (Å²) in [5, 5.41) is 0. The standard InChI is InChI=1S/C18H27BrN2O3/c1-18(2,3)24-17(22)21-9-4-5-14(12-21)7-10-23-13-15-6-8-20-16(19)11-15/h6,8,11,14H,4-5,7,9-10,12-13H2,1-3H3/t14-/m1/s1. The van der Waals surface area contributed by atoms with Crippen molar-refractivity contribution in [2.45, 2.75) is 52.2 Å². The van der Waals surface area contributed by atoms with Crippen LogP contribution in [0.2, 0.25) is 0 Å². The van der Waals surface area contributed by atoms with Gasteiger partial charge in [0.05, 0.1) is 6.61 Å². The maximum absolute atomic E-state index is 12.2. The summed E-state index contributed by atoms with van der Waals surface area (Å²) < 4.78 is 12.1. The number of hydrogen-bond donors (Lipinski definition) is 0. The molecule has 5 nitrogen and oxygen atoms in total. The maximum Gasteiger partial charge on any atom is 0.410 e. The minimum absolute atomic E-state index is 0.199. The fourth-order valence-corrected chi connectivity index (χ4v) is 3.18. The summed E-state index contributed by atoms with van der Waals surface area (Å²) in [7, 11) is 0. The predicted octanol–water partition coefficient (Wildman–Crippen LogP) is 4.40. The second kappa shape index (κ2) is 8.81. The van der Waals surface area contributed by atoms with Crippen LogP contribution in [-0.4, -0.2) is 41.3 Å². The first-order valence-corrected chi connectivity index (χ1v) is 9.29. The summed E-state index contributed by atoms with van der Waals surface area (Å²) in [5.74, 6) is 0.482. The van der Waals surface area contributed by atoms with Gasteiger partial charge in [-0.2, -0.15) is 0 Å². The van der Waals surface area contributed by atoms with Gasteiger partial charge in [0.2, 0.25) is 0 Å². The Kier molecular flexibility index (Phi) is 7.04. The zero-order valence-electron chi connectivity index (χ0n) is 14.8. The molecule has 0 aliphatic carbocycles. The lowest BCUT2D eigenvalue weighted by atomic mass is 9.95. The molecule has 6 heteroatoms. The number of nitrogens with zero attached hydrogens (tertiary/aromatic N) is 2. The third kappa shape index (κ3) is 6.77. The molecular weight excluding hydrogens is 372 g/mol.